The molecule has 3 rings (SSSR count). The lowest BCUT2D eigenvalue weighted by atomic mass is 10.1. The third kappa shape index (κ3) is 2.03. The summed E-state index contributed by atoms with van der Waals surface area (Å²) in [5.74, 6) is 0.724. The predicted molar refractivity (Wildman–Crippen MR) is 68.2 cm³/mol. The van der Waals surface area contributed by atoms with E-state index >= 15 is 0 Å². The Morgan fingerprint density at radius 2 is 2.17 bits per heavy atom. The average molecular weight is 248 g/mol. The number of hydrogen-bond acceptors (Lipinski definition) is 3. The van der Waals surface area contributed by atoms with Crippen LogP contribution in [0, 0.1) is 0 Å². The molecule has 0 bridgehead atoms. The van der Waals surface area contributed by atoms with Crippen LogP contribution in [0.5, 0.6) is 0 Å². The van der Waals surface area contributed by atoms with E-state index in [1.807, 2.05) is 4.90 Å². The molecule has 1 aromatic rings. The number of nitrogens with one attached hydrogen (secondary N) is 1. The lowest BCUT2D eigenvalue weighted by molar-refractivity contribution is -0.132. The highest BCUT2D eigenvalue weighted by atomic mass is 16.2. The van der Waals surface area contributed by atoms with Gasteiger partial charge in [-0.3, -0.25) is 9.89 Å². The monoisotopic (exact) mass is 248 g/mol. The van der Waals surface area contributed by atoms with E-state index in [0.29, 0.717) is 5.92 Å². The molecule has 0 saturated heterocycles. The Labute approximate surface area is 107 Å². The first kappa shape index (κ1) is 11.7. The van der Waals surface area contributed by atoms with E-state index in [1.54, 1.807) is 6.92 Å². The number of fused-ring (bicyclic) bond motifs is 1. The van der Waals surface area contributed by atoms with Crippen LogP contribution < -0.4 is 5.73 Å². The number of aromatic nitrogens is 2. The van der Waals surface area contributed by atoms with Crippen molar-refractivity contribution >= 4 is 5.91 Å². The molecule has 5 nitrogen and oxygen atoms in total. The molecule has 3 N–H and O–H groups in total. The molecule has 0 aromatic carbocycles. The van der Waals surface area contributed by atoms with Crippen molar-refractivity contribution in [2.24, 2.45) is 5.73 Å². The van der Waals surface area contributed by atoms with Gasteiger partial charge in [-0.1, -0.05) is 0 Å². The summed E-state index contributed by atoms with van der Waals surface area (Å²) in [6.45, 7) is 3.27. The number of rotatable bonds is 2. The minimum absolute atomic E-state index is 0.0566. The number of amides is 1. The number of hydrogen-bond donors (Lipinski definition) is 2. The normalized spacial score (nSPS) is 21.3. The topological polar surface area (TPSA) is 75.0 Å². The van der Waals surface area contributed by atoms with Gasteiger partial charge in [0.25, 0.3) is 0 Å². The van der Waals surface area contributed by atoms with Crippen LogP contribution in [-0.4, -0.2) is 40.1 Å². The van der Waals surface area contributed by atoms with Crippen LogP contribution in [0.25, 0.3) is 0 Å². The molecule has 1 atom stereocenters. The number of nitrogens with zero attached hydrogens (tertiary/aromatic N) is 2. The van der Waals surface area contributed by atoms with E-state index in [-0.39, 0.29) is 5.91 Å². The standard InChI is InChI=1S/C13H20N4O/c1-8(14)13(18)17-6-4-10-11(5-7-17)15-16-12(10)9-2-3-9/h8-9H,2-7,14H2,1H3,(H,15,16)/t8-/m1/s1. The van der Waals surface area contributed by atoms with E-state index in [2.05, 4.69) is 10.2 Å². The third-order valence-corrected chi connectivity index (χ3v) is 3.91. The van der Waals surface area contributed by atoms with Crippen LogP contribution in [0.4, 0.5) is 0 Å². The fourth-order valence-corrected chi connectivity index (χ4v) is 2.71. The van der Waals surface area contributed by atoms with Gasteiger partial charge in [-0.15, -0.1) is 0 Å². The van der Waals surface area contributed by atoms with E-state index in [1.165, 1.54) is 29.8 Å². The molecule has 1 aliphatic heterocycles. The predicted octanol–water partition coefficient (Wildman–Crippen LogP) is 0.561. The largest absolute Gasteiger partial charge is 0.341 e. The van der Waals surface area contributed by atoms with Crippen molar-refractivity contribution in [2.75, 3.05) is 13.1 Å². The zero-order chi connectivity index (χ0) is 12.7. The molecule has 98 valence electrons. The van der Waals surface area contributed by atoms with Gasteiger partial charge in [-0.25, -0.2) is 0 Å². The summed E-state index contributed by atoms with van der Waals surface area (Å²) in [6, 6.07) is -0.400. The first-order valence-electron chi connectivity index (χ1n) is 6.77. The first-order valence-corrected chi connectivity index (χ1v) is 6.77. The number of nitrogens with two attached hydrogens (primary N) is 1. The summed E-state index contributed by atoms with van der Waals surface area (Å²) < 4.78 is 0. The maximum atomic E-state index is 11.9. The maximum Gasteiger partial charge on any atom is 0.239 e. The van der Waals surface area contributed by atoms with Gasteiger partial charge in [0.15, 0.2) is 0 Å². The molecule has 2 aliphatic rings. The van der Waals surface area contributed by atoms with Crippen molar-refractivity contribution in [3.63, 3.8) is 0 Å². The van der Waals surface area contributed by atoms with E-state index in [0.717, 1.165) is 25.9 Å². The Kier molecular flexibility index (Phi) is 2.86. The molecular weight excluding hydrogens is 228 g/mol. The molecule has 2 heterocycles. The Balaban J connectivity index is 1.76. The minimum atomic E-state index is -0.400. The first-order chi connectivity index (χ1) is 8.66. The van der Waals surface area contributed by atoms with Crippen LogP contribution in [0.1, 0.15) is 42.6 Å². The summed E-state index contributed by atoms with van der Waals surface area (Å²) in [4.78, 5) is 13.8. The van der Waals surface area contributed by atoms with Crippen molar-refractivity contribution in [3.05, 3.63) is 17.0 Å². The van der Waals surface area contributed by atoms with Gasteiger partial charge in [0.1, 0.15) is 0 Å². The Morgan fingerprint density at radius 1 is 1.44 bits per heavy atom. The number of aromatic amines is 1. The molecule has 0 spiro atoms. The highest BCUT2D eigenvalue weighted by molar-refractivity contribution is 5.81. The van der Waals surface area contributed by atoms with Gasteiger partial charge in [0.05, 0.1) is 11.7 Å². The van der Waals surface area contributed by atoms with Crippen LogP contribution >= 0.6 is 0 Å². The van der Waals surface area contributed by atoms with Crippen molar-refractivity contribution in [1.29, 1.82) is 0 Å². The average Bonchev–Trinajstić information content (AvgIpc) is 3.14. The molecule has 0 unspecified atom stereocenters. The quantitative estimate of drug-likeness (QED) is 0.803. The Bertz CT molecular complexity index is 462. The van der Waals surface area contributed by atoms with Crippen LogP contribution in [0.3, 0.4) is 0 Å². The van der Waals surface area contributed by atoms with Gasteiger partial charge in [-0.2, -0.15) is 5.10 Å². The Morgan fingerprint density at radius 3 is 2.83 bits per heavy atom. The minimum Gasteiger partial charge on any atom is -0.341 e. The fraction of sp³-hybridized carbons (Fsp3) is 0.692. The second-order valence-electron chi connectivity index (χ2n) is 5.45. The van der Waals surface area contributed by atoms with Crippen molar-refractivity contribution in [3.8, 4) is 0 Å². The van der Waals surface area contributed by atoms with Crippen molar-refractivity contribution < 1.29 is 4.79 Å². The lowest BCUT2D eigenvalue weighted by Gasteiger charge is -2.22. The zero-order valence-corrected chi connectivity index (χ0v) is 10.8. The molecular formula is C13H20N4O. The molecule has 1 saturated carbocycles. The van der Waals surface area contributed by atoms with Gasteiger partial charge in [-0.05, 0) is 31.7 Å². The second kappa shape index (κ2) is 4.39. The number of H-pyrrole nitrogens is 1. The highest BCUT2D eigenvalue weighted by Crippen LogP contribution is 2.41. The fourth-order valence-electron chi connectivity index (χ4n) is 2.71. The molecule has 1 aromatic heterocycles. The number of carbonyl (C=O) groups excluding carboxylic acids is 1. The van der Waals surface area contributed by atoms with E-state index in [9.17, 15) is 4.79 Å². The zero-order valence-electron chi connectivity index (χ0n) is 10.8. The smallest absolute Gasteiger partial charge is 0.239 e. The maximum absolute atomic E-state index is 11.9. The van der Waals surface area contributed by atoms with Crippen LogP contribution in [-0.2, 0) is 17.6 Å². The molecule has 1 amide bonds. The lowest BCUT2D eigenvalue weighted by Crippen LogP contribution is -2.43. The summed E-state index contributed by atoms with van der Waals surface area (Å²) in [5, 5.41) is 7.61. The molecule has 0 radical (unpaired) electrons. The molecule has 1 aliphatic carbocycles. The summed E-state index contributed by atoms with van der Waals surface area (Å²) in [5.41, 5.74) is 9.50. The second-order valence-corrected chi connectivity index (χ2v) is 5.45. The van der Waals surface area contributed by atoms with Crippen molar-refractivity contribution in [2.45, 2.75) is 44.6 Å². The Hall–Kier alpha value is -1.36. The third-order valence-electron chi connectivity index (χ3n) is 3.91. The summed E-state index contributed by atoms with van der Waals surface area (Å²) in [6.07, 6.45) is 4.31. The molecule has 1 fully saturated rings. The summed E-state index contributed by atoms with van der Waals surface area (Å²) in [7, 11) is 0. The van der Waals surface area contributed by atoms with E-state index < -0.39 is 6.04 Å². The number of carbonyl (C=O) groups is 1. The van der Waals surface area contributed by atoms with Gasteiger partial charge < -0.3 is 10.6 Å². The van der Waals surface area contributed by atoms with E-state index in [4.69, 9.17) is 5.73 Å². The SMILES string of the molecule is C[C@@H](N)C(=O)N1CCc2[nH]nc(C3CC3)c2CC1. The van der Waals surface area contributed by atoms with Crippen LogP contribution in [0.15, 0.2) is 0 Å². The summed E-state index contributed by atoms with van der Waals surface area (Å²) >= 11 is 0. The van der Waals surface area contributed by atoms with Gasteiger partial charge in [0, 0.05) is 31.1 Å². The highest BCUT2D eigenvalue weighted by Gasteiger charge is 2.31. The van der Waals surface area contributed by atoms with Gasteiger partial charge in [0.2, 0.25) is 5.91 Å². The molecule has 18 heavy (non-hydrogen) atoms. The molecule has 5 heteroatoms. The van der Waals surface area contributed by atoms with Crippen LogP contribution in [0.2, 0.25) is 0 Å². The van der Waals surface area contributed by atoms with Gasteiger partial charge >= 0.3 is 0 Å². The van der Waals surface area contributed by atoms with Crippen molar-refractivity contribution in [1.82, 2.24) is 15.1 Å².